The average Bonchev–Trinajstić information content (AvgIpc) is 3.01. The molecule has 3 rings (SSSR count). The van der Waals surface area contributed by atoms with Crippen LogP contribution in [0.1, 0.15) is 23.2 Å². The summed E-state index contributed by atoms with van der Waals surface area (Å²) in [5.41, 5.74) is 1.83. The largest absolute Gasteiger partial charge is 0.507 e. The van der Waals surface area contributed by atoms with E-state index in [1.165, 1.54) is 12.8 Å². The molecule has 2 aliphatic rings. The molecule has 2 N–H and O–H groups in total. The quantitative estimate of drug-likeness (QED) is 0.774. The Bertz CT molecular complexity index is 467. The van der Waals surface area contributed by atoms with Crippen molar-refractivity contribution in [2.24, 2.45) is 5.41 Å². The van der Waals surface area contributed by atoms with Crippen molar-refractivity contribution >= 4 is 12.0 Å². The minimum atomic E-state index is 0.0604. The second kappa shape index (κ2) is 4.28. The molecule has 0 amide bonds. The van der Waals surface area contributed by atoms with Gasteiger partial charge in [-0.05, 0) is 37.6 Å². The Morgan fingerprint density at radius 3 is 3.00 bits per heavy atom. The summed E-state index contributed by atoms with van der Waals surface area (Å²) in [6.07, 6.45) is 3.15. The minimum Gasteiger partial charge on any atom is -0.507 e. The van der Waals surface area contributed by atoms with Crippen molar-refractivity contribution in [1.82, 2.24) is 5.32 Å². The lowest BCUT2D eigenvalue weighted by molar-refractivity contribution is 0.112. The molecule has 0 saturated carbocycles. The number of aldehydes is 1. The molecule has 2 saturated heterocycles. The summed E-state index contributed by atoms with van der Waals surface area (Å²) < 4.78 is 0. The van der Waals surface area contributed by atoms with E-state index in [1.807, 2.05) is 6.07 Å². The SMILES string of the molecule is O=Cc1cc(N2CCC3(CCNC3)C2)ccc1O. The number of carbonyl (C=O) groups is 1. The van der Waals surface area contributed by atoms with Crippen LogP contribution in [-0.4, -0.2) is 37.6 Å². The van der Waals surface area contributed by atoms with Crippen molar-refractivity contribution in [1.29, 1.82) is 0 Å². The highest BCUT2D eigenvalue weighted by Crippen LogP contribution is 2.38. The van der Waals surface area contributed by atoms with Crippen LogP contribution in [0.5, 0.6) is 5.75 Å². The minimum absolute atomic E-state index is 0.0604. The number of aromatic hydroxyl groups is 1. The van der Waals surface area contributed by atoms with Crippen molar-refractivity contribution < 1.29 is 9.90 Å². The van der Waals surface area contributed by atoms with Crippen LogP contribution in [0.15, 0.2) is 18.2 Å². The molecule has 1 aromatic carbocycles. The van der Waals surface area contributed by atoms with Crippen LogP contribution >= 0.6 is 0 Å². The summed E-state index contributed by atoms with van der Waals surface area (Å²) in [5.74, 6) is 0.0604. The lowest BCUT2D eigenvalue weighted by atomic mass is 9.86. The molecule has 0 aromatic heterocycles. The summed E-state index contributed by atoms with van der Waals surface area (Å²) in [7, 11) is 0. The van der Waals surface area contributed by atoms with Crippen LogP contribution in [0, 0.1) is 5.41 Å². The topological polar surface area (TPSA) is 52.6 Å². The highest BCUT2D eigenvalue weighted by molar-refractivity contribution is 5.81. The number of hydrogen-bond acceptors (Lipinski definition) is 4. The monoisotopic (exact) mass is 246 g/mol. The van der Waals surface area contributed by atoms with E-state index in [4.69, 9.17) is 0 Å². The highest BCUT2D eigenvalue weighted by Gasteiger charge is 2.40. The summed E-state index contributed by atoms with van der Waals surface area (Å²) in [6, 6.07) is 5.28. The second-order valence-electron chi connectivity index (χ2n) is 5.46. The number of hydrogen-bond donors (Lipinski definition) is 2. The van der Waals surface area contributed by atoms with Gasteiger partial charge in [0, 0.05) is 30.7 Å². The average molecular weight is 246 g/mol. The molecule has 0 bridgehead atoms. The van der Waals surface area contributed by atoms with Gasteiger partial charge in [-0.25, -0.2) is 0 Å². The van der Waals surface area contributed by atoms with Crippen LogP contribution in [0.2, 0.25) is 0 Å². The molecule has 1 aromatic rings. The molecule has 96 valence electrons. The van der Waals surface area contributed by atoms with Gasteiger partial charge in [0.2, 0.25) is 0 Å². The first-order valence-corrected chi connectivity index (χ1v) is 6.46. The summed E-state index contributed by atoms with van der Waals surface area (Å²) in [5, 5.41) is 13.0. The third kappa shape index (κ3) is 1.86. The van der Waals surface area contributed by atoms with E-state index in [1.54, 1.807) is 12.1 Å². The Kier molecular flexibility index (Phi) is 2.74. The maximum atomic E-state index is 10.9. The van der Waals surface area contributed by atoms with Gasteiger partial charge >= 0.3 is 0 Å². The zero-order valence-electron chi connectivity index (χ0n) is 10.4. The lowest BCUT2D eigenvalue weighted by Crippen LogP contribution is -2.29. The maximum Gasteiger partial charge on any atom is 0.153 e. The van der Waals surface area contributed by atoms with E-state index in [-0.39, 0.29) is 5.75 Å². The van der Waals surface area contributed by atoms with Gasteiger partial charge in [-0.1, -0.05) is 0 Å². The fraction of sp³-hybridized carbons (Fsp3) is 0.500. The number of phenolic OH excluding ortho intramolecular Hbond substituents is 1. The zero-order valence-corrected chi connectivity index (χ0v) is 10.4. The van der Waals surface area contributed by atoms with Gasteiger partial charge in [0.1, 0.15) is 5.75 Å². The van der Waals surface area contributed by atoms with E-state index in [0.717, 1.165) is 31.9 Å². The summed E-state index contributed by atoms with van der Waals surface area (Å²) >= 11 is 0. The third-order valence-electron chi connectivity index (χ3n) is 4.27. The van der Waals surface area contributed by atoms with Gasteiger partial charge in [-0.15, -0.1) is 0 Å². The van der Waals surface area contributed by atoms with Crippen molar-refractivity contribution in [2.75, 3.05) is 31.1 Å². The first kappa shape index (κ1) is 11.5. The maximum absolute atomic E-state index is 10.9. The molecule has 1 atom stereocenters. The number of nitrogens with zero attached hydrogens (tertiary/aromatic N) is 1. The predicted octanol–water partition coefficient (Wildman–Crippen LogP) is 1.39. The standard InChI is InChI=1S/C14H18N2O2/c17-8-11-7-12(1-2-13(11)18)16-6-4-14(10-16)3-5-15-9-14/h1-2,7-8,15,18H,3-6,9-10H2. The Morgan fingerprint density at radius 1 is 1.39 bits per heavy atom. The van der Waals surface area contributed by atoms with Gasteiger partial charge in [-0.3, -0.25) is 4.79 Å². The number of phenols is 1. The molecule has 4 heteroatoms. The third-order valence-corrected chi connectivity index (χ3v) is 4.27. The number of rotatable bonds is 2. The number of benzene rings is 1. The van der Waals surface area contributed by atoms with Crippen molar-refractivity contribution in [3.8, 4) is 5.75 Å². The van der Waals surface area contributed by atoms with Gasteiger partial charge in [0.25, 0.3) is 0 Å². The van der Waals surface area contributed by atoms with E-state index in [0.29, 0.717) is 17.3 Å². The molecule has 0 radical (unpaired) electrons. The first-order valence-electron chi connectivity index (χ1n) is 6.46. The second-order valence-corrected chi connectivity index (χ2v) is 5.46. The van der Waals surface area contributed by atoms with Crippen LogP contribution in [0.25, 0.3) is 0 Å². The molecule has 4 nitrogen and oxygen atoms in total. The summed E-state index contributed by atoms with van der Waals surface area (Å²) in [6.45, 7) is 4.29. The Balaban J connectivity index is 1.82. The Morgan fingerprint density at radius 2 is 2.28 bits per heavy atom. The molecular weight excluding hydrogens is 228 g/mol. The fourth-order valence-corrected chi connectivity index (χ4v) is 3.13. The lowest BCUT2D eigenvalue weighted by Gasteiger charge is -2.24. The van der Waals surface area contributed by atoms with Crippen molar-refractivity contribution in [2.45, 2.75) is 12.8 Å². The fourth-order valence-electron chi connectivity index (χ4n) is 3.13. The Labute approximate surface area is 107 Å². The molecule has 0 aliphatic carbocycles. The predicted molar refractivity (Wildman–Crippen MR) is 70.2 cm³/mol. The zero-order chi connectivity index (χ0) is 12.6. The van der Waals surface area contributed by atoms with Crippen LogP contribution in [-0.2, 0) is 0 Å². The van der Waals surface area contributed by atoms with E-state index < -0.39 is 0 Å². The van der Waals surface area contributed by atoms with Crippen molar-refractivity contribution in [3.05, 3.63) is 23.8 Å². The highest BCUT2D eigenvalue weighted by atomic mass is 16.3. The van der Waals surface area contributed by atoms with E-state index >= 15 is 0 Å². The molecule has 18 heavy (non-hydrogen) atoms. The first-order chi connectivity index (χ1) is 8.72. The van der Waals surface area contributed by atoms with Gasteiger partial charge < -0.3 is 15.3 Å². The molecular formula is C14H18N2O2. The normalized spacial score (nSPS) is 27.0. The molecule has 1 spiro atoms. The van der Waals surface area contributed by atoms with Gasteiger partial charge in [0.05, 0.1) is 5.56 Å². The smallest absolute Gasteiger partial charge is 0.153 e. The van der Waals surface area contributed by atoms with Crippen LogP contribution < -0.4 is 10.2 Å². The van der Waals surface area contributed by atoms with Crippen molar-refractivity contribution in [3.63, 3.8) is 0 Å². The Hall–Kier alpha value is -1.55. The van der Waals surface area contributed by atoms with Crippen LogP contribution in [0.4, 0.5) is 5.69 Å². The molecule has 1 unspecified atom stereocenters. The molecule has 2 aliphatic heterocycles. The van der Waals surface area contributed by atoms with E-state index in [9.17, 15) is 9.90 Å². The van der Waals surface area contributed by atoms with Gasteiger partial charge in [0.15, 0.2) is 6.29 Å². The van der Waals surface area contributed by atoms with E-state index in [2.05, 4.69) is 10.2 Å². The number of nitrogens with one attached hydrogen (secondary N) is 1. The molecule has 2 heterocycles. The number of anilines is 1. The van der Waals surface area contributed by atoms with Crippen LogP contribution in [0.3, 0.4) is 0 Å². The van der Waals surface area contributed by atoms with Gasteiger partial charge in [-0.2, -0.15) is 0 Å². The number of carbonyl (C=O) groups excluding carboxylic acids is 1. The summed E-state index contributed by atoms with van der Waals surface area (Å²) in [4.78, 5) is 13.2. The molecule has 2 fully saturated rings.